The number of rotatable bonds is 0. The summed E-state index contributed by atoms with van der Waals surface area (Å²) in [6.07, 6.45) is 2.86. The van der Waals surface area contributed by atoms with E-state index in [4.69, 9.17) is 0 Å². The average molecular weight is 152 g/mol. The standard InChI is InChI=1S/C8H12N2O/c1-5-6-3-2-4-7(11)8(6)10-9-5/h5-6,9H,2-4H2,1H3. The fraction of sp³-hybridized carbons (Fsp3) is 0.750. The molecule has 0 radical (unpaired) electrons. The first-order chi connectivity index (χ1) is 5.29. The first-order valence-corrected chi connectivity index (χ1v) is 4.15. The molecule has 2 aliphatic rings. The van der Waals surface area contributed by atoms with E-state index in [0.29, 0.717) is 18.4 Å². The van der Waals surface area contributed by atoms with Gasteiger partial charge in [-0.05, 0) is 19.8 Å². The lowest BCUT2D eigenvalue weighted by Crippen LogP contribution is -2.32. The molecular weight excluding hydrogens is 140 g/mol. The number of Topliss-reactive ketones (excluding diaryl/α,β-unsaturated/α-hetero) is 1. The number of hydrazone groups is 1. The van der Waals surface area contributed by atoms with Gasteiger partial charge in [0.25, 0.3) is 0 Å². The van der Waals surface area contributed by atoms with Gasteiger partial charge in [-0.2, -0.15) is 5.10 Å². The predicted molar refractivity (Wildman–Crippen MR) is 42.4 cm³/mol. The molecule has 1 heterocycles. The van der Waals surface area contributed by atoms with Gasteiger partial charge in [0.05, 0.1) is 0 Å². The van der Waals surface area contributed by atoms with Crippen LogP contribution in [-0.4, -0.2) is 17.5 Å². The van der Waals surface area contributed by atoms with Crippen molar-refractivity contribution in [3.05, 3.63) is 0 Å². The fourth-order valence-corrected chi connectivity index (χ4v) is 1.85. The van der Waals surface area contributed by atoms with Gasteiger partial charge in [0.15, 0.2) is 5.78 Å². The summed E-state index contributed by atoms with van der Waals surface area (Å²) < 4.78 is 0. The Kier molecular flexibility index (Phi) is 1.44. The van der Waals surface area contributed by atoms with Crippen molar-refractivity contribution in [3.8, 4) is 0 Å². The summed E-state index contributed by atoms with van der Waals surface area (Å²) in [7, 11) is 0. The quantitative estimate of drug-likeness (QED) is 0.555. The molecule has 2 rings (SSSR count). The van der Waals surface area contributed by atoms with Crippen molar-refractivity contribution in [1.29, 1.82) is 0 Å². The molecule has 11 heavy (non-hydrogen) atoms. The van der Waals surface area contributed by atoms with Crippen LogP contribution in [0.15, 0.2) is 5.10 Å². The number of fused-ring (bicyclic) bond motifs is 1. The summed E-state index contributed by atoms with van der Waals surface area (Å²) in [6, 6.07) is 0.370. The minimum absolute atomic E-state index is 0.248. The van der Waals surface area contributed by atoms with Gasteiger partial charge in [-0.25, -0.2) is 0 Å². The van der Waals surface area contributed by atoms with Crippen LogP contribution in [0.5, 0.6) is 0 Å². The lowest BCUT2D eigenvalue weighted by Gasteiger charge is -2.19. The van der Waals surface area contributed by atoms with Gasteiger partial charge in [-0.15, -0.1) is 0 Å². The molecule has 0 aromatic rings. The molecule has 1 aliphatic heterocycles. The van der Waals surface area contributed by atoms with Crippen LogP contribution in [0.25, 0.3) is 0 Å². The second kappa shape index (κ2) is 2.32. The van der Waals surface area contributed by atoms with E-state index in [1.165, 1.54) is 0 Å². The Morgan fingerprint density at radius 1 is 1.64 bits per heavy atom. The highest BCUT2D eigenvalue weighted by molar-refractivity contribution is 6.41. The molecule has 0 saturated heterocycles. The van der Waals surface area contributed by atoms with Crippen LogP contribution in [0.4, 0.5) is 0 Å². The van der Waals surface area contributed by atoms with Crippen LogP contribution in [0.3, 0.4) is 0 Å². The van der Waals surface area contributed by atoms with Gasteiger partial charge in [0.1, 0.15) is 5.71 Å². The predicted octanol–water partition coefficient (Wildman–Crippen LogP) is 0.703. The number of hydrogen-bond donors (Lipinski definition) is 1. The largest absolute Gasteiger partial charge is 0.306 e. The lowest BCUT2D eigenvalue weighted by atomic mass is 9.83. The second-order valence-corrected chi connectivity index (χ2v) is 3.34. The van der Waals surface area contributed by atoms with Crippen molar-refractivity contribution in [2.75, 3.05) is 0 Å². The highest BCUT2D eigenvalue weighted by Gasteiger charge is 2.35. The van der Waals surface area contributed by atoms with Gasteiger partial charge >= 0.3 is 0 Å². The first kappa shape index (κ1) is 6.83. The van der Waals surface area contributed by atoms with E-state index in [9.17, 15) is 4.79 Å². The van der Waals surface area contributed by atoms with Gasteiger partial charge in [-0.3, -0.25) is 4.79 Å². The SMILES string of the molecule is CC1NN=C2C(=O)CCCC21. The zero-order valence-electron chi connectivity index (χ0n) is 6.63. The maximum atomic E-state index is 11.3. The smallest absolute Gasteiger partial charge is 0.179 e. The van der Waals surface area contributed by atoms with Crippen LogP contribution in [0, 0.1) is 5.92 Å². The highest BCUT2D eigenvalue weighted by atomic mass is 16.1. The Balaban J connectivity index is 2.22. The Bertz CT molecular complexity index is 222. The average Bonchev–Trinajstić information content (AvgIpc) is 2.35. The molecule has 0 amide bonds. The van der Waals surface area contributed by atoms with Crippen molar-refractivity contribution >= 4 is 11.5 Å². The maximum Gasteiger partial charge on any atom is 0.179 e. The van der Waals surface area contributed by atoms with Crippen molar-refractivity contribution in [2.24, 2.45) is 11.0 Å². The first-order valence-electron chi connectivity index (χ1n) is 4.15. The second-order valence-electron chi connectivity index (χ2n) is 3.34. The third kappa shape index (κ3) is 0.951. The zero-order chi connectivity index (χ0) is 7.84. The molecule has 1 fully saturated rings. The minimum atomic E-state index is 0.248. The van der Waals surface area contributed by atoms with Crippen LogP contribution >= 0.6 is 0 Å². The molecule has 0 aromatic heterocycles. The minimum Gasteiger partial charge on any atom is -0.306 e. The normalized spacial score (nSPS) is 36.1. The van der Waals surface area contributed by atoms with E-state index in [-0.39, 0.29) is 5.78 Å². The summed E-state index contributed by atoms with van der Waals surface area (Å²) in [5, 5.41) is 4.04. The molecule has 1 N–H and O–H groups in total. The molecule has 0 spiro atoms. The van der Waals surface area contributed by atoms with E-state index in [2.05, 4.69) is 17.5 Å². The molecule has 3 heteroatoms. The molecule has 60 valence electrons. The number of nitrogens with zero attached hydrogens (tertiary/aromatic N) is 1. The Morgan fingerprint density at radius 2 is 2.45 bits per heavy atom. The number of carbonyl (C=O) groups excluding carboxylic acids is 1. The van der Waals surface area contributed by atoms with Crippen molar-refractivity contribution in [3.63, 3.8) is 0 Å². The monoisotopic (exact) mass is 152 g/mol. The third-order valence-electron chi connectivity index (χ3n) is 2.55. The number of nitrogens with one attached hydrogen (secondary N) is 1. The van der Waals surface area contributed by atoms with Gasteiger partial charge in [-0.1, -0.05) is 0 Å². The molecule has 0 aromatic carbocycles. The molecule has 2 atom stereocenters. The highest BCUT2D eigenvalue weighted by Crippen LogP contribution is 2.25. The van der Waals surface area contributed by atoms with Crippen LogP contribution in [-0.2, 0) is 4.79 Å². The molecular formula is C8H12N2O. The molecule has 0 bridgehead atoms. The molecule has 3 nitrogen and oxygen atoms in total. The van der Waals surface area contributed by atoms with Gasteiger partial charge < -0.3 is 5.43 Å². The Labute approximate surface area is 65.9 Å². The van der Waals surface area contributed by atoms with Crippen molar-refractivity contribution in [1.82, 2.24) is 5.43 Å². The van der Waals surface area contributed by atoms with Gasteiger partial charge in [0.2, 0.25) is 0 Å². The molecule has 1 saturated carbocycles. The number of carbonyl (C=O) groups is 1. The van der Waals surface area contributed by atoms with Crippen LogP contribution in [0.2, 0.25) is 0 Å². The molecule has 2 unspecified atom stereocenters. The maximum absolute atomic E-state index is 11.3. The van der Waals surface area contributed by atoms with E-state index < -0.39 is 0 Å². The summed E-state index contributed by atoms with van der Waals surface area (Å²) in [5.74, 6) is 0.648. The fourth-order valence-electron chi connectivity index (χ4n) is 1.85. The van der Waals surface area contributed by atoms with E-state index >= 15 is 0 Å². The van der Waals surface area contributed by atoms with E-state index in [0.717, 1.165) is 18.6 Å². The Morgan fingerprint density at radius 3 is 3.18 bits per heavy atom. The van der Waals surface area contributed by atoms with E-state index in [1.807, 2.05) is 0 Å². The lowest BCUT2D eigenvalue weighted by molar-refractivity contribution is -0.113. The molecule has 1 aliphatic carbocycles. The van der Waals surface area contributed by atoms with Crippen molar-refractivity contribution in [2.45, 2.75) is 32.2 Å². The number of hydrogen-bond acceptors (Lipinski definition) is 3. The summed E-state index contributed by atoms with van der Waals surface area (Å²) in [4.78, 5) is 11.3. The van der Waals surface area contributed by atoms with Crippen LogP contribution < -0.4 is 5.43 Å². The summed E-state index contributed by atoms with van der Waals surface area (Å²) in [5.41, 5.74) is 3.75. The van der Waals surface area contributed by atoms with Crippen LogP contribution in [0.1, 0.15) is 26.2 Å². The summed E-state index contributed by atoms with van der Waals surface area (Å²) >= 11 is 0. The topological polar surface area (TPSA) is 41.5 Å². The number of ketones is 1. The van der Waals surface area contributed by atoms with E-state index in [1.54, 1.807) is 0 Å². The summed E-state index contributed by atoms with van der Waals surface area (Å²) in [6.45, 7) is 2.08. The van der Waals surface area contributed by atoms with Gasteiger partial charge in [0, 0.05) is 18.4 Å². The Hall–Kier alpha value is -0.860. The zero-order valence-corrected chi connectivity index (χ0v) is 6.63. The third-order valence-corrected chi connectivity index (χ3v) is 2.55. The van der Waals surface area contributed by atoms with Crippen molar-refractivity contribution < 1.29 is 4.79 Å².